The largest absolute Gasteiger partial charge is 0.481 e. The zero-order chi connectivity index (χ0) is 15.6. The number of hydrogen-bond donors (Lipinski definition) is 1. The molecule has 0 aromatic rings. The first-order chi connectivity index (χ1) is 9.89. The van der Waals surface area contributed by atoms with E-state index in [2.05, 4.69) is 4.74 Å². The lowest BCUT2D eigenvalue weighted by atomic mass is 9.90. The van der Waals surface area contributed by atoms with Crippen LogP contribution in [-0.2, 0) is 19.1 Å². The molecule has 2 unspecified atom stereocenters. The van der Waals surface area contributed by atoms with Crippen LogP contribution in [-0.4, -0.2) is 78.9 Å². The Kier molecular flexibility index (Phi) is 4.36. The number of likely N-dealkylation sites (tertiary alicyclic amines) is 1. The van der Waals surface area contributed by atoms with Gasteiger partial charge in [0, 0.05) is 19.6 Å². The van der Waals surface area contributed by atoms with Gasteiger partial charge in [-0.15, -0.1) is 0 Å². The van der Waals surface area contributed by atoms with E-state index in [-0.39, 0.29) is 19.2 Å². The summed E-state index contributed by atoms with van der Waals surface area (Å²) in [6.45, 7) is 2.88. The number of carbonyl (C=O) groups is 3. The average molecular weight is 300 g/mol. The molecule has 2 amide bonds. The molecular weight excluding hydrogens is 280 g/mol. The van der Waals surface area contributed by atoms with E-state index in [4.69, 9.17) is 4.74 Å². The van der Waals surface area contributed by atoms with Crippen LogP contribution in [0.5, 0.6) is 0 Å². The molecule has 2 saturated heterocycles. The second-order valence-electron chi connectivity index (χ2n) is 5.63. The first-order valence-corrected chi connectivity index (χ1v) is 6.83. The van der Waals surface area contributed by atoms with Crippen molar-refractivity contribution in [3.05, 3.63) is 0 Å². The van der Waals surface area contributed by atoms with Crippen molar-refractivity contribution in [3.63, 3.8) is 0 Å². The second kappa shape index (κ2) is 5.88. The number of ether oxygens (including phenoxy) is 2. The third-order valence-corrected chi connectivity index (χ3v) is 4.11. The van der Waals surface area contributed by atoms with Crippen molar-refractivity contribution in [2.45, 2.75) is 19.4 Å². The molecule has 2 aliphatic heterocycles. The Labute approximate surface area is 122 Å². The Morgan fingerprint density at radius 3 is 2.62 bits per heavy atom. The Bertz CT molecular complexity index is 454. The maximum atomic E-state index is 12.5. The quantitative estimate of drug-likeness (QED) is 0.708. The first kappa shape index (κ1) is 15.6. The summed E-state index contributed by atoms with van der Waals surface area (Å²) in [5.74, 6) is -1.44. The summed E-state index contributed by atoms with van der Waals surface area (Å²) >= 11 is 0. The van der Waals surface area contributed by atoms with Crippen LogP contribution in [0, 0.1) is 5.41 Å². The van der Waals surface area contributed by atoms with E-state index in [0.29, 0.717) is 26.1 Å². The Balaban J connectivity index is 2.08. The monoisotopic (exact) mass is 300 g/mol. The van der Waals surface area contributed by atoms with Crippen LogP contribution in [0.3, 0.4) is 0 Å². The molecule has 2 fully saturated rings. The number of nitrogens with zero attached hydrogens (tertiary/aromatic N) is 2. The highest BCUT2D eigenvalue weighted by Gasteiger charge is 2.45. The molecule has 2 heterocycles. The van der Waals surface area contributed by atoms with Crippen LogP contribution < -0.4 is 0 Å². The SMILES string of the molecule is COC(=O)C1COCCN1C(=O)N1CCC(C)(C(=O)O)C1. The average Bonchev–Trinajstić information content (AvgIpc) is 2.89. The molecule has 0 aromatic heterocycles. The van der Waals surface area contributed by atoms with Gasteiger partial charge in [0.2, 0.25) is 0 Å². The van der Waals surface area contributed by atoms with Crippen molar-refractivity contribution in [2.24, 2.45) is 5.41 Å². The summed E-state index contributed by atoms with van der Waals surface area (Å²) in [5.41, 5.74) is -0.928. The number of urea groups is 1. The number of carboxylic acids is 1. The molecule has 21 heavy (non-hydrogen) atoms. The predicted molar refractivity (Wildman–Crippen MR) is 70.7 cm³/mol. The van der Waals surface area contributed by atoms with Gasteiger partial charge >= 0.3 is 18.0 Å². The molecule has 0 aliphatic carbocycles. The minimum absolute atomic E-state index is 0.0997. The van der Waals surface area contributed by atoms with Gasteiger partial charge in [-0.1, -0.05) is 0 Å². The Morgan fingerprint density at radius 2 is 2.05 bits per heavy atom. The van der Waals surface area contributed by atoms with Crippen molar-refractivity contribution in [1.82, 2.24) is 9.80 Å². The van der Waals surface area contributed by atoms with Gasteiger partial charge in [0.25, 0.3) is 0 Å². The number of carbonyl (C=O) groups excluding carboxylic acids is 2. The molecule has 118 valence electrons. The van der Waals surface area contributed by atoms with Gasteiger partial charge in [-0.3, -0.25) is 4.79 Å². The van der Waals surface area contributed by atoms with Crippen LogP contribution in [0.4, 0.5) is 4.79 Å². The Hall–Kier alpha value is -1.83. The lowest BCUT2D eigenvalue weighted by molar-refractivity contribution is -0.151. The molecule has 0 radical (unpaired) electrons. The van der Waals surface area contributed by atoms with Crippen molar-refractivity contribution in [1.29, 1.82) is 0 Å². The fourth-order valence-electron chi connectivity index (χ4n) is 2.64. The highest BCUT2D eigenvalue weighted by molar-refractivity contribution is 5.85. The van der Waals surface area contributed by atoms with E-state index in [9.17, 15) is 19.5 Å². The fourth-order valence-corrected chi connectivity index (χ4v) is 2.64. The summed E-state index contributed by atoms with van der Waals surface area (Å²) in [6.07, 6.45) is 0.404. The maximum Gasteiger partial charge on any atom is 0.331 e. The number of methoxy groups -OCH3 is 1. The zero-order valence-corrected chi connectivity index (χ0v) is 12.2. The van der Waals surface area contributed by atoms with Crippen molar-refractivity contribution in [3.8, 4) is 0 Å². The summed E-state index contributed by atoms with van der Waals surface area (Å²) in [6, 6.07) is -1.10. The van der Waals surface area contributed by atoms with Gasteiger partial charge in [-0.25, -0.2) is 9.59 Å². The fraction of sp³-hybridized carbons (Fsp3) is 0.769. The molecule has 0 saturated carbocycles. The number of esters is 1. The summed E-state index contributed by atoms with van der Waals surface area (Å²) in [4.78, 5) is 38.4. The van der Waals surface area contributed by atoms with Gasteiger partial charge in [-0.2, -0.15) is 0 Å². The van der Waals surface area contributed by atoms with Gasteiger partial charge in [0.05, 0.1) is 25.7 Å². The minimum Gasteiger partial charge on any atom is -0.481 e. The highest BCUT2D eigenvalue weighted by atomic mass is 16.5. The first-order valence-electron chi connectivity index (χ1n) is 6.83. The van der Waals surface area contributed by atoms with Crippen molar-refractivity contribution >= 4 is 18.0 Å². The van der Waals surface area contributed by atoms with E-state index in [0.717, 1.165) is 0 Å². The van der Waals surface area contributed by atoms with E-state index in [1.807, 2.05) is 0 Å². The van der Waals surface area contributed by atoms with Crippen LogP contribution in [0.25, 0.3) is 0 Å². The molecule has 8 nitrogen and oxygen atoms in total. The normalized spacial score (nSPS) is 29.3. The van der Waals surface area contributed by atoms with Crippen molar-refractivity contribution < 1.29 is 29.0 Å². The number of morpholine rings is 1. The number of hydrogen-bond acceptors (Lipinski definition) is 5. The zero-order valence-electron chi connectivity index (χ0n) is 12.2. The molecule has 0 bridgehead atoms. The van der Waals surface area contributed by atoms with E-state index in [1.54, 1.807) is 6.92 Å². The summed E-state index contributed by atoms with van der Waals surface area (Å²) < 4.78 is 9.91. The Morgan fingerprint density at radius 1 is 1.33 bits per heavy atom. The van der Waals surface area contributed by atoms with E-state index >= 15 is 0 Å². The third kappa shape index (κ3) is 2.94. The topological polar surface area (TPSA) is 96.4 Å². The maximum absolute atomic E-state index is 12.5. The predicted octanol–water partition coefficient (Wildman–Crippen LogP) is -0.223. The van der Waals surface area contributed by atoms with Gasteiger partial charge in [0.15, 0.2) is 6.04 Å². The standard InChI is InChI=1S/C13H20N2O6/c1-13(11(17)18)3-4-14(8-13)12(19)15-5-6-21-7-9(15)10(16)20-2/h9H,3-8H2,1-2H3,(H,17,18). The van der Waals surface area contributed by atoms with E-state index < -0.39 is 23.4 Å². The third-order valence-electron chi connectivity index (χ3n) is 4.11. The van der Waals surface area contributed by atoms with E-state index in [1.165, 1.54) is 16.9 Å². The molecule has 1 N–H and O–H groups in total. The molecule has 2 rings (SSSR count). The lowest BCUT2D eigenvalue weighted by Crippen LogP contribution is -2.56. The van der Waals surface area contributed by atoms with Crippen LogP contribution in [0.15, 0.2) is 0 Å². The number of amides is 2. The molecule has 8 heteroatoms. The minimum atomic E-state index is -0.928. The molecule has 2 aliphatic rings. The number of rotatable bonds is 2. The highest BCUT2D eigenvalue weighted by Crippen LogP contribution is 2.31. The smallest absolute Gasteiger partial charge is 0.331 e. The van der Waals surface area contributed by atoms with Gasteiger partial charge in [0.1, 0.15) is 0 Å². The lowest BCUT2D eigenvalue weighted by Gasteiger charge is -2.36. The van der Waals surface area contributed by atoms with Crippen molar-refractivity contribution in [2.75, 3.05) is 40.0 Å². The summed E-state index contributed by atoms with van der Waals surface area (Å²) in [5, 5.41) is 9.21. The molecule has 0 spiro atoms. The number of aliphatic carboxylic acids is 1. The van der Waals surface area contributed by atoms with Crippen LogP contribution in [0.2, 0.25) is 0 Å². The number of carboxylic acid groups (broad SMARTS) is 1. The van der Waals surface area contributed by atoms with Gasteiger partial charge < -0.3 is 24.4 Å². The second-order valence-corrected chi connectivity index (χ2v) is 5.63. The summed E-state index contributed by atoms with van der Waals surface area (Å²) in [7, 11) is 1.26. The molecule has 0 aromatic carbocycles. The van der Waals surface area contributed by atoms with Crippen LogP contribution in [0.1, 0.15) is 13.3 Å². The van der Waals surface area contributed by atoms with Gasteiger partial charge in [-0.05, 0) is 13.3 Å². The molecular formula is C13H20N2O6. The van der Waals surface area contributed by atoms with Crippen LogP contribution >= 0.6 is 0 Å². The molecule has 2 atom stereocenters.